The van der Waals surface area contributed by atoms with E-state index in [4.69, 9.17) is 9.47 Å². The van der Waals surface area contributed by atoms with E-state index in [2.05, 4.69) is 0 Å². The zero-order valence-corrected chi connectivity index (χ0v) is 16.1. The number of rotatable bonds is 5. The van der Waals surface area contributed by atoms with Crippen LogP contribution in [0.2, 0.25) is 0 Å². The molecule has 3 aromatic rings. The number of aryl methyl sites for hydroxylation is 2. The lowest BCUT2D eigenvalue weighted by molar-refractivity contribution is -0.148. The Bertz CT molecular complexity index is 1040. The molecule has 3 aromatic carbocycles. The van der Waals surface area contributed by atoms with E-state index in [9.17, 15) is 14.4 Å². The molecule has 0 saturated heterocycles. The van der Waals surface area contributed by atoms with Gasteiger partial charge in [0.1, 0.15) is 0 Å². The van der Waals surface area contributed by atoms with Crippen molar-refractivity contribution in [3.05, 3.63) is 107 Å². The molecule has 1 atom stereocenters. The van der Waals surface area contributed by atoms with Crippen molar-refractivity contribution in [2.45, 2.75) is 20.0 Å². The van der Waals surface area contributed by atoms with Crippen molar-refractivity contribution in [3.63, 3.8) is 0 Å². The van der Waals surface area contributed by atoms with Gasteiger partial charge in [-0.1, -0.05) is 66.7 Å². The Kier molecular flexibility index (Phi) is 6.19. The molecule has 5 heteroatoms. The van der Waals surface area contributed by atoms with E-state index < -0.39 is 24.0 Å². The largest absolute Gasteiger partial charge is 0.442 e. The summed E-state index contributed by atoms with van der Waals surface area (Å²) < 4.78 is 10.5. The van der Waals surface area contributed by atoms with Gasteiger partial charge in [-0.05, 0) is 37.1 Å². The second-order valence-corrected chi connectivity index (χ2v) is 6.53. The number of hydrogen-bond acceptors (Lipinski definition) is 5. The quantitative estimate of drug-likeness (QED) is 0.472. The summed E-state index contributed by atoms with van der Waals surface area (Å²) in [4.78, 5) is 37.9. The molecule has 3 rings (SSSR count). The van der Waals surface area contributed by atoms with Gasteiger partial charge < -0.3 is 9.47 Å². The maximum Gasteiger partial charge on any atom is 0.360 e. The van der Waals surface area contributed by atoms with E-state index in [0.29, 0.717) is 22.3 Å². The summed E-state index contributed by atoms with van der Waals surface area (Å²) in [6.45, 7) is 3.52. The molecule has 0 aromatic heterocycles. The van der Waals surface area contributed by atoms with Crippen LogP contribution >= 0.6 is 0 Å². The van der Waals surface area contributed by atoms with Crippen LogP contribution in [0.25, 0.3) is 0 Å². The van der Waals surface area contributed by atoms with Crippen LogP contribution in [0.3, 0.4) is 0 Å². The molecule has 0 N–H and O–H groups in total. The predicted molar refractivity (Wildman–Crippen MR) is 107 cm³/mol. The normalized spacial score (nSPS) is 11.4. The smallest absolute Gasteiger partial charge is 0.360 e. The third-order valence-corrected chi connectivity index (χ3v) is 4.46. The fourth-order valence-electron chi connectivity index (χ4n) is 2.85. The molecule has 0 heterocycles. The molecular weight excluding hydrogens is 368 g/mol. The fraction of sp³-hybridized carbons (Fsp3) is 0.125. The summed E-state index contributed by atoms with van der Waals surface area (Å²) in [6, 6.07) is 22.1. The van der Waals surface area contributed by atoms with Gasteiger partial charge in [0, 0.05) is 5.56 Å². The van der Waals surface area contributed by atoms with E-state index in [1.807, 2.05) is 0 Å². The molecule has 29 heavy (non-hydrogen) atoms. The Balaban J connectivity index is 1.85. The molecule has 0 saturated carbocycles. The van der Waals surface area contributed by atoms with Gasteiger partial charge in [0.15, 0.2) is 0 Å². The van der Waals surface area contributed by atoms with Crippen LogP contribution in [0.4, 0.5) is 0 Å². The van der Waals surface area contributed by atoms with E-state index in [-0.39, 0.29) is 5.56 Å². The summed E-state index contributed by atoms with van der Waals surface area (Å²) in [5.74, 6) is -2.41. The number of carbonyl (C=O) groups excluding carboxylic acids is 3. The van der Waals surface area contributed by atoms with Gasteiger partial charge in [-0.15, -0.1) is 0 Å². The average Bonchev–Trinajstić information content (AvgIpc) is 2.73. The molecule has 0 aliphatic heterocycles. The van der Waals surface area contributed by atoms with Gasteiger partial charge in [-0.25, -0.2) is 14.4 Å². The first-order chi connectivity index (χ1) is 14.0. The van der Waals surface area contributed by atoms with Gasteiger partial charge in [0.25, 0.3) is 0 Å². The van der Waals surface area contributed by atoms with Crippen molar-refractivity contribution in [1.29, 1.82) is 0 Å². The highest BCUT2D eigenvalue weighted by Crippen LogP contribution is 2.23. The Morgan fingerprint density at radius 1 is 0.655 bits per heavy atom. The maximum absolute atomic E-state index is 12.8. The molecule has 146 valence electrons. The van der Waals surface area contributed by atoms with Crippen LogP contribution in [0.1, 0.15) is 43.5 Å². The minimum atomic E-state index is -1.36. The average molecular weight is 388 g/mol. The van der Waals surface area contributed by atoms with Crippen LogP contribution in [0.5, 0.6) is 0 Å². The zero-order chi connectivity index (χ0) is 20.8. The Morgan fingerprint density at radius 3 is 1.69 bits per heavy atom. The molecule has 0 spiro atoms. The van der Waals surface area contributed by atoms with Crippen molar-refractivity contribution in [1.82, 2.24) is 0 Å². The molecule has 0 aliphatic carbocycles. The zero-order valence-electron chi connectivity index (χ0n) is 16.1. The molecule has 0 fully saturated rings. The molecule has 0 bridgehead atoms. The van der Waals surface area contributed by atoms with Crippen LogP contribution in [0, 0.1) is 13.8 Å². The fourth-order valence-corrected chi connectivity index (χ4v) is 2.85. The Hall–Kier alpha value is -3.73. The van der Waals surface area contributed by atoms with Crippen LogP contribution in [0.15, 0.2) is 78.9 Å². The topological polar surface area (TPSA) is 69.7 Å². The molecule has 0 radical (unpaired) electrons. The summed E-state index contributed by atoms with van der Waals surface area (Å²) in [5.41, 5.74) is 2.42. The maximum atomic E-state index is 12.8. The third kappa shape index (κ3) is 4.76. The summed E-state index contributed by atoms with van der Waals surface area (Å²) in [6.07, 6.45) is -1.36. The molecule has 0 aliphatic rings. The molecule has 1 unspecified atom stereocenters. The van der Waals surface area contributed by atoms with Crippen LogP contribution in [-0.2, 0) is 14.3 Å². The first-order valence-corrected chi connectivity index (χ1v) is 9.10. The van der Waals surface area contributed by atoms with Gasteiger partial charge in [0.05, 0.1) is 11.1 Å². The summed E-state index contributed by atoms with van der Waals surface area (Å²) >= 11 is 0. The second kappa shape index (κ2) is 8.97. The van der Waals surface area contributed by atoms with E-state index in [1.54, 1.807) is 92.7 Å². The second-order valence-electron chi connectivity index (χ2n) is 6.53. The number of benzene rings is 3. The van der Waals surface area contributed by atoms with E-state index in [1.165, 1.54) is 0 Å². The Morgan fingerprint density at radius 2 is 1.14 bits per heavy atom. The predicted octanol–water partition coefficient (Wildman–Crippen LogP) is 4.59. The van der Waals surface area contributed by atoms with Crippen molar-refractivity contribution < 1.29 is 23.9 Å². The highest BCUT2D eigenvalue weighted by molar-refractivity contribution is 6.00. The third-order valence-electron chi connectivity index (χ3n) is 4.46. The number of esters is 3. The Labute approximate surface area is 168 Å². The van der Waals surface area contributed by atoms with Gasteiger partial charge in [-0.3, -0.25) is 0 Å². The van der Waals surface area contributed by atoms with Crippen LogP contribution < -0.4 is 0 Å². The molecular formula is C24H20O5. The van der Waals surface area contributed by atoms with Crippen molar-refractivity contribution in [3.8, 4) is 0 Å². The van der Waals surface area contributed by atoms with E-state index in [0.717, 1.165) is 0 Å². The lowest BCUT2D eigenvalue weighted by Gasteiger charge is -2.17. The lowest BCUT2D eigenvalue weighted by atomic mass is 10.1. The van der Waals surface area contributed by atoms with Crippen LogP contribution in [-0.4, -0.2) is 17.9 Å². The lowest BCUT2D eigenvalue weighted by Crippen LogP contribution is -2.25. The highest BCUT2D eigenvalue weighted by atomic mass is 16.6. The number of ether oxygens (including phenoxy) is 2. The summed E-state index contributed by atoms with van der Waals surface area (Å²) in [7, 11) is 0. The van der Waals surface area contributed by atoms with E-state index >= 15 is 0 Å². The molecule has 5 nitrogen and oxygen atoms in total. The standard InChI is InChI=1S/C24H20O5/c1-16-10-6-8-14-19(16)22(25)28-21(18-12-4-3-5-13-18)24(27)29-23(26)20-15-9-7-11-17(20)2/h3-15,21H,1-2H3. The summed E-state index contributed by atoms with van der Waals surface area (Å²) in [5, 5.41) is 0. The first-order valence-electron chi connectivity index (χ1n) is 9.10. The number of carbonyl (C=O) groups is 3. The van der Waals surface area contributed by atoms with Gasteiger partial charge >= 0.3 is 17.9 Å². The minimum absolute atomic E-state index is 0.276. The highest BCUT2D eigenvalue weighted by Gasteiger charge is 2.30. The first kappa shape index (κ1) is 20.0. The molecule has 0 amide bonds. The minimum Gasteiger partial charge on any atom is -0.442 e. The SMILES string of the molecule is Cc1ccccc1C(=O)OC(=O)C(OC(=O)c1ccccc1C)c1ccccc1. The van der Waals surface area contributed by atoms with Gasteiger partial charge in [0.2, 0.25) is 6.10 Å². The van der Waals surface area contributed by atoms with Crippen molar-refractivity contribution >= 4 is 17.9 Å². The number of hydrogen-bond donors (Lipinski definition) is 0. The van der Waals surface area contributed by atoms with Crippen molar-refractivity contribution in [2.24, 2.45) is 0 Å². The monoisotopic (exact) mass is 388 g/mol. The van der Waals surface area contributed by atoms with Gasteiger partial charge in [-0.2, -0.15) is 0 Å². The van der Waals surface area contributed by atoms with Crippen molar-refractivity contribution in [2.75, 3.05) is 0 Å².